The summed E-state index contributed by atoms with van der Waals surface area (Å²) in [5, 5.41) is 6.48. The Morgan fingerprint density at radius 1 is 1.33 bits per heavy atom. The fourth-order valence-electron chi connectivity index (χ4n) is 2.12. The molecule has 1 fully saturated rings. The van der Waals surface area contributed by atoms with E-state index < -0.39 is 0 Å². The Labute approximate surface area is 142 Å². The zero-order valence-corrected chi connectivity index (χ0v) is 14.6. The summed E-state index contributed by atoms with van der Waals surface area (Å²) in [6.45, 7) is 4.99. The molecule has 1 aliphatic heterocycles. The summed E-state index contributed by atoms with van der Waals surface area (Å²) in [5.74, 6) is 0.550. The number of halogens is 2. The Hall–Kier alpha value is -0.890. The first kappa shape index (κ1) is 18.2. The molecule has 21 heavy (non-hydrogen) atoms. The Bertz CT molecular complexity index is 433. The fraction of sp³-hybridized carbons (Fsp3) is 0.533. The average molecular weight is 407 g/mol. The summed E-state index contributed by atoms with van der Waals surface area (Å²) < 4.78 is 18.4. The van der Waals surface area contributed by atoms with Crippen molar-refractivity contribution in [2.24, 2.45) is 4.99 Å². The van der Waals surface area contributed by atoms with Crippen LogP contribution in [0.2, 0.25) is 0 Å². The SMILES string of the molecule is CCNC(=NCc1ccc(F)cc1)NCC1CCCO1.I. The van der Waals surface area contributed by atoms with Gasteiger partial charge in [0.2, 0.25) is 0 Å². The summed E-state index contributed by atoms with van der Waals surface area (Å²) in [4.78, 5) is 4.49. The highest BCUT2D eigenvalue weighted by atomic mass is 127. The molecule has 0 aromatic heterocycles. The van der Waals surface area contributed by atoms with Crippen LogP contribution in [-0.2, 0) is 11.3 Å². The van der Waals surface area contributed by atoms with E-state index in [0.717, 1.165) is 44.1 Å². The Morgan fingerprint density at radius 3 is 2.71 bits per heavy atom. The predicted octanol–water partition coefficient (Wildman–Crippen LogP) is 2.68. The molecular formula is C15H23FIN3O. The first-order chi connectivity index (χ1) is 9.78. The molecule has 1 aromatic carbocycles. The van der Waals surface area contributed by atoms with Gasteiger partial charge < -0.3 is 15.4 Å². The summed E-state index contributed by atoms with van der Waals surface area (Å²) in [6, 6.07) is 6.42. The third-order valence-corrected chi connectivity index (χ3v) is 3.20. The molecule has 6 heteroatoms. The van der Waals surface area contributed by atoms with Crippen LogP contribution in [0.3, 0.4) is 0 Å². The number of aliphatic imine (C=N–C) groups is 1. The number of rotatable bonds is 5. The number of nitrogens with one attached hydrogen (secondary N) is 2. The number of hydrogen-bond donors (Lipinski definition) is 2. The molecule has 1 saturated heterocycles. The molecule has 4 nitrogen and oxygen atoms in total. The Balaban J connectivity index is 0.00000220. The maximum atomic E-state index is 12.8. The second kappa shape index (κ2) is 9.94. The number of ether oxygens (including phenoxy) is 1. The van der Waals surface area contributed by atoms with Crippen LogP contribution in [-0.4, -0.2) is 31.8 Å². The molecule has 0 saturated carbocycles. The van der Waals surface area contributed by atoms with Gasteiger partial charge in [0, 0.05) is 19.7 Å². The lowest BCUT2D eigenvalue weighted by molar-refractivity contribution is 0.114. The van der Waals surface area contributed by atoms with E-state index in [2.05, 4.69) is 15.6 Å². The molecule has 1 aromatic rings. The van der Waals surface area contributed by atoms with Gasteiger partial charge in [-0.05, 0) is 37.5 Å². The van der Waals surface area contributed by atoms with Crippen molar-refractivity contribution in [1.29, 1.82) is 0 Å². The van der Waals surface area contributed by atoms with Gasteiger partial charge in [-0.15, -0.1) is 24.0 Å². The molecule has 0 radical (unpaired) electrons. The van der Waals surface area contributed by atoms with Gasteiger partial charge in [-0.2, -0.15) is 0 Å². The van der Waals surface area contributed by atoms with Crippen LogP contribution in [0.1, 0.15) is 25.3 Å². The zero-order chi connectivity index (χ0) is 14.2. The van der Waals surface area contributed by atoms with E-state index in [1.54, 1.807) is 12.1 Å². The van der Waals surface area contributed by atoms with Crippen LogP contribution < -0.4 is 10.6 Å². The Kier molecular flexibility index (Phi) is 8.60. The van der Waals surface area contributed by atoms with E-state index in [1.807, 2.05) is 6.92 Å². The van der Waals surface area contributed by atoms with E-state index in [-0.39, 0.29) is 35.9 Å². The lowest BCUT2D eigenvalue weighted by atomic mass is 10.2. The van der Waals surface area contributed by atoms with Gasteiger partial charge in [-0.1, -0.05) is 12.1 Å². The first-order valence-corrected chi connectivity index (χ1v) is 7.16. The van der Waals surface area contributed by atoms with Crippen molar-refractivity contribution in [3.8, 4) is 0 Å². The minimum Gasteiger partial charge on any atom is -0.376 e. The largest absolute Gasteiger partial charge is 0.376 e. The third kappa shape index (κ3) is 6.60. The quantitative estimate of drug-likeness (QED) is 0.448. The number of guanidine groups is 1. The minimum absolute atomic E-state index is 0. The summed E-state index contributed by atoms with van der Waals surface area (Å²) in [6.07, 6.45) is 2.52. The number of nitrogens with zero attached hydrogens (tertiary/aromatic N) is 1. The molecule has 1 aliphatic rings. The molecule has 1 unspecified atom stereocenters. The van der Waals surface area contributed by atoms with E-state index in [9.17, 15) is 4.39 Å². The molecule has 0 aliphatic carbocycles. The average Bonchev–Trinajstić information content (AvgIpc) is 2.97. The van der Waals surface area contributed by atoms with Gasteiger partial charge in [0.05, 0.1) is 12.6 Å². The zero-order valence-electron chi connectivity index (χ0n) is 12.3. The highest BCUT2D eigenvalue weighted by Crippen LogP contribution is 2.10. The van der Waals surface area contributed by atoms with Crippen molar-refractivity contribution < 1.29 is 9.13 Å². The summed E-state index contributed by atoms with van der Waals surface area (Å²) >= 11 is 0. The van der Waals surface area contributed by atoms with Gasteiger partial charge in [-0.3, -0.25) is 0 Å². The van der Waals surface area contributed by atoms with Gasteiger partial charge in [0.1, 0.15) is 5.82 Å². The van der Waals surface area contributed by atoms with Crippen LogP contribution in [0, 0.1) is 5.82 Å². The van der Waals surface area contributed by atoms with Crippen molar-refractivity contribution >= 4 is 29.9 Å². The van der Waals surface area contributed by atoms with E-state index in [4.69, 9.17) is 4.74 Å². The molecule has 0 amide bonds. The molecule has 2 N–H and O–H groups in total. The van der Waals surface area contributed by atoms with Crippen molar-refractivity contribution in [2.75, 3.05) is 19.7 Å². The summed E-state index contributed by atoms with van der Waals surface area (Å²) in [7, 11) is 0. The van der Waals surface area contributed by atoms with Gasteiger partial charge in [-0.25, -0.2) is 9.38 Å². The first-order valence-electron chi connectivity index (χ1n) is 7.16. The van der Waals surface area contributed by atoms with E-state index >= 15 is 0 Å². The maximum Gasteiger partial charge on any atom is 0.191 e. The highest BCUT2D eigenvalue weighted by molar-refractivity contribution is 14.0. The van der Waals surface area contributed by atoms with Crippen LogP contribution in [0.5, 0.6) is 0 Å². The van der Waals surface area contributed by atoms with Gasteiger partial charge in [0.25, 0.3) is 0 Å². The van der Waals surface area contributed by atoms with Gasteiger partial charge in [0.15, 0.2) is 5.96 Å². The summed E-state index contributed by atoms with van der Waals surface area (Å²) in [5.41, 5.74) is 0.987. The molecule has 118 valence electrons. The second-order valence-corrected chi connectivity index (χ2v) is 4.84. The monoisotopic (exact) mass is 407 g/mol. The lowest BCUT2D eigenvalue weighted by Gasteiger charge is -2.14. The van der Waals surface area contributed by atoms with Crippen LogP contribution in [0.15, 0.2) is 29.3 Å². The molecule has 0 spiro atoms. The topological polar surface area (TPSA) is 45.7 Å². The van der Waals surface area contributed by atoms with Crippen LogP contribution >= 0.6 is 24.0 Å². The molecule has 1 atom stereocenters. The molecule has 1 heterocycles. The second-order valence-electron chi connectivity index (χ2n) is 4.84. The minimum atomic E-state index is -0.221. The number of hydrogen-bond acceptors (Lipinski definition) is 2. The van der Waals surface area contributed by atoms with Crippen LogP contribution in [0.25, 0.3) is 0 Å². The molecular weight excluding hydrogens is 384 g/mol. The van der Waals surface area contributed by atoms with E-state index in [0.29, 0.717) is 6.54 Å². The van der Waals surface area contributed by atoms with Crippen LogP contribution in [0.4, 0.5) is 4.39 Å². The van der Waals surface area contributed by atoms with Crippen molar-refractivity contribution in [2.45, 2.75) is 32.4 Å². The van der Waals surface area contributed by atoms with Gasteiger partial charge >= 0.3 is 0 Å². The fourth-order valence-corrected chi connectivity index (χ4v) is 2.12. The van der Waals surface area contributed by atoms with Crippen molar-refractivity contribution in [3.63, 3.8) is 0 Å². The molecule has 0 bridgehead atoms. The Morgan fingerprint density at radius 2 is 2.10 bits per heavy atom. The standard InChI is InChI=1S/C15H22FN3O.HI/c1-2-17-15(19-11-14-4-3-9-20-14)18-10-12-5-7-13(16)8-6-12;/h5-8,14H,2-4,9-11H2,1H3,(H2,17,18,19);1H. The molecule has 2 rings (SSSR count). The third-order valence-electron chi connectivity index (χ3n) is 3.20. The maximum absolute atomic E-state index is 12.8. The highest BCUT2D eigenvalue weighted by Gasteiger charge is 2.15. The van der Waals surface area contributed by atoms with E-state index in [1.165, 1.54) is 12.1 Å². The normalized spacial score (nSPS) is 18.2. The smallest absolute Gasteiger partial charge is 0.191 e. The number of benzene rings is 1. The van der Waals surface area contributed by atoms with Crippen molar-refractivity contribution in [3.05, 3.63) is 35.6 Å². The predicted molar refractivity (Wildman–Crippen MR) is 93.6 cm³/mol. The van der Waals surface area contributed by atoms with Crippen molar-refractivity contribution in [1.82, 2.24) is 10.6 Å². The lowest BCUT2D eigenvalue weighted by Crippen LogP contribution is -2.41.